The number of morpholine rings is 1. The molecule has 2 N–H and O–H groups in total. The van der Waals surface area contributed by atoms with Gasteiger partial charge in [0.15, 0.2) is 5.06 Å². The lowest BCUT2D eigenvalue weighted by Gasteiger charge is -2.28. The number of aryl methyl sites for hydroxylation is 1. The molecule has 1 aromatic carbocycles. The Balaban J connectivity index is 1.66. The molecule has 1 unspecified atom stereocenters. The predicted octanol–water partition coefficient (Wildman–Crippen LogP) is 4.32. The molecule has 0 saturated carbocycles. The van der Waals surface area contributed by atoms with E-state index in [9.17, 15) is 14.4 Å². The summed E-state index contributed by atoms with van der Waals surface area (Å²) in [7, 11) is 0. The molecule has 3 rings (SSSR count). The monoisotopic (exact) mass is 523 g/mol. The van der Waals surface area contributed by atoms with Gasteiger partial charge in [0.2, 0.25) is 5.91 Å². The molecule has 1 saturated heterocycles. The second-order valence-corrected chi connectivity index (χ2v) is 10.3. The van der Waals surface area contributed by atoms with Crippen molar-refractivity contribution < 1.29 is 23.9 Å². The van der Waals surface area contributed by atoms with Crippen molar-refractivity contribution in [2.75, 3.05) is 30.0 Å². The molecule has 32 heavy (non-hydrogen) atoms. The van der Waals surface area contributed by atoms with Gasteiger partial charge in [-0.2, -0.15) is 0 Å². The summed E-state index contributed by atoms with van der Waals surface area (Å²) < 4.78 is 11.3. The highest BCUT2D eigenvalue weighted by Gasteiger charge is 2.25. The third-order valence-electron chi connectivity index (χ3n) is 4.80. The van der Waals surface area contributed by atoms with Crippen LogP contribution in [0, 0.1) is 12.8 Å². The summed E-state index contributed by atoms with van der Waals surface area (Å²) in [6.07, 6.45) is -0.230. The van der Waals surface area contributed by atoms with Crippen LogP contribution in [0.25, 0.3) is 0 Å². The van der Waals surface area contributed by atoms with Crippen molar-refractivity contribution in [2.45, 2.75) is 33.2 Å². The number of anilines is 2. The molecule has 1 atom stereocenters. The van der Waals surface area contributed by atoms with E-state index in [1.165, 1.54) is 11.3 Å². The Kier molecular flexibility index (Phi) is 8.27. The van der Waals surface area contributed by atoms with Crippen LogP contribution < -0.4 is 20.3 Å². The van der Waals surface area contributed by atoms with Gasteiger partial charge in [-0.05, 0) is 71.1 Å². The number of benzene rings is 1. The molecule has 0 spiro atoms. The number of hydrogen-bond acceptors (Lipinski definition) is 6. The van der Waals surface area contributed by atoms with Crippen molar-refractivity contribution in [3.63, 3.8) is 0 Å². The van der Waals surface area contributed by atoms with E-state index in [-0.39, 0.29) is 24.3 Å². The standard InChI is InChI=1S/C22H26BrN3O5S/c1-13(2)10-16(25-22(29)31-20-7-6-18(23)32-20)21(28)24-15-4-5-17(14(3)11-15)26-8-9-30-12-19(26)27/h4-7,11,13,16H,8-10,12H2,1-3H3,(H,24,28)(H,25,29). The fourth-order valence-corrected chi connectivity index (χ4v) is 4.55. The maximum atomic E-state index is 12.9. The Bertz CT molecular complexity index is 994. The Morgan fingerprint density at radius 3 is 2.69 bits per heavy atom. The van der Waals surface area contributed by atoms with Crippen LogP contribution in [0.5, 0.6) is 5.06 Å². The van der Waals surface area contributed by atoms with E-state index in [2.05, 4.69) is 26.6 Å². The van der Waals surface area contributed by atoms with Crippen LogP contribution in [0.2, 0.25) is 0 Å². The number of nitrogens with zero attached hydrogens (tertiary/aromatic N) is 1. The van der Waals surface area contributed by atoms with Crippen LogP contribution in [0.1, 0.15) is 25.8 Å². The van der Waals surface area contributed by atoms with Crippen LogP contribution in [0.15, 0.2) is 34.1 Å². The Morgan fingerprint density at radius 1 is 1.28 bits per heavy atom. The number of thiophene rings is 1. The van der Waals surface area contributed by atoms with E-state index in [1.54, 1.807) is 23.1 Å². The third-order valence-corrected chi connectivity index (χ3v) is 6.30. The number of carbonyl (C=O) groups is 3. The lowest BCUT2D eigenvalue weighted by atomic mass is 10.0. The molecule has 1 aliphatic heterocycles. The minimum Gasteiger partial charge on any atom is -0.399 e. The molecule has 0 bridgehead atoms. The summed E-state index contributed by atoms with van der Waals surface area (Å²) in [6.45, 7) is 6.89. The summed E-state index contributed by atoms with van der Waals surface area (Å²) >= 11 is 4.60. The lowest BCUT2D eigenvalue weighted by Crippen LogP contribution is -2.45. The van der Waals surface area contributed by atoms with E-state index in [0.717, 1.165) is 15.0 Å². The zero-order valence-corrected chi connectivity index (χ0v) is 20.5. The molecule has 2 aromatic rings. The van der Waals surface area contributed by atoms with Crippen LogP contribution in [-0.4, -0.2) is 43.7 Å². The van der Waals surface area contributed by atoms with Crippen molar-refractivity contribution in [1.29, 1.82) is 0 Å². The van der Waals surface area contributed by atoms with Gasteiger partial charge in [0.1, 0.15) is 12.6 Å². The van der Waals surface area contributed by atoms with Gasteiger partial charge in [-0.3, -0.25) is 9.59 Å². The molecule has 1 aliphatic rings. The van der Waals surface area contributed by atoms with Gasteiger partial charge in [0, 0.05) is 17.9 Å². The lowest BCUT2D eigenvalue weighted by molar-refractivity contribution is -0.125. The SMILES string of the molecule is Cc1cc(NC(=O)C(CC(C)C)NC(=O)Oc2ccc(Br)s2)ccc1N1CCOCC1=O. The van der Waals surface area contributed by atoms with Crippen molar-refractivity contribution in [1.82, 2.24) is 5.32 Å². The Morgan fingerprint density at radius 2 is 2.06 bits per heavy atom. The van der Waals surface area contributed by atoms with Crippen molar-refractivity contribution >= 4 is 56.5 Å². The van der Waals surface area contributed by atoms with Crippen LogP contribution >= 0.6 is 27.3 Å². The van der Waals surface area contributed by atoms with Gasteiger partial charge in [-0.1, -0.05) is 25.2 Å². The number of rotatable bonds is 7. The molecule has 2 heterocycles. The number of carbonyl (C=O) groups excluding carboxylic acids is 3. The first-order chi connectivity index (χ1) is 15.2. The maximum absolute atomic E-state index is 12.9. The average molecular weight is 524 g/mol. The van der Waals surface area contributed by atoms with E-state index in [4.69, 9.17) is 9.47 Å². The van der Waals surface area contributed by atoms with E-state index in [1.807, 2.05) is 32.9 Å². The summed E-state index contributed by atoms with van der Waals surface area (Å²) in [5, 5.41) is 5.95. The van der Waals surface area contributed by atoms with Crippen molar-refractivity contribution in [3.05, 3.63) is 39.7 Å². The summed E-state index contributed by atoms with van der Waals surface area (Å²) in [6, 6.07) is 8.06. The quantitative estimate of drug-likeness (QED) is 0.563. The minimum atomic E-state index is -0.758. The summed E-state index contributed by atoms with van der Waals surface area (Å²) in [5.41, 5.74) is 2.23. The zero-order chi connectivity index (χ0) is 23.3. The Hall–Kier alpha value is -2.43. The topological polar surface area (TPSA) is 97.0 Å². The average Bonchev–Trinajstić information content (AvgIpc) is 3.12. The molecule has 1 fully saturated rings. The van der Waals surface area contributed by atoms with Crippen LogP contribution in [-0.2, 0) is 14.3 Å². The summed E-state index contributed by atoms with van der Waals surface area (Å²) in [5.74, 6) is -0.246. The second kappa shape index (κ2) is 10.9. The Labute approximate surface area is 199 Å². The highest BCUT2D eigenvalue weighted by atomic mass is 79.9. The molecule has 1 aromatic heterocycles. The molecular formula is C22H26BrN3O5S. The van der Waals surface area contributed by atoms with E-state index >= 15 is 0 Å². The highest BCUT2D eigenvalue weighted by Crippen LogP contribution is 2.29. The largest absolute Gasteiger partial charge is 0.414 e. The smallest absolute Gasteiger partial charge is 0.399 e. The number of ether oxygens (including phenoxy) is 2. The first kappa shape index (κ1) is 24.2. The number of amides is 3. The molecule has 3 amide bonds. The normalized spacial score (nSPS) is 14.9. The second-order valence-electron chi connectivity index (χ2n) is 7.86. The fraction of sp³-hybridized carbons (Fsp3) is 0.409. The number of halogens is 1. The van der Waals surface area contributed by atoms with Gasteiger partial charge < -0.3 is 25.0 Å². The maximum Gasteiger partial charge on any atom is 0.414 e. The molecule has 10 heteroatoms. The number of nitrogens with one attached hydrogen (secondary N) is 2. The number of hydrogen-bond donors (Lipinski definition) is 2. The van der Waals surface area contributed by atoms with E-state index in [0.29, 0.717) is 30.3 Å². The van der Waals surface area contributed by atoms with Crippen LogP contribution in [0.4, 0.5) is 16.2 Å². The zero-order valence-electron chi connectivity index (χ0n) is 18.1. The first-order valence-corrected chi connectivity index (χ1v) is 11.9. The van der Waals surface area contributed by atoms with Gasteiger partial charge in [-0.15, -0.1) is 0 Å². The highest BCUT2D eigenvalue weighted by molar-refractivity contribution is 9.11. The van der Waals surface area contributed by atoms with Crippen molar-refractivity contribution in [2.24, 2.45) is 5.92 Å². The van der Waals surface area contributed by atoms with Gasteiger partial charge >= 0.3 is 6.09 Å². The van der Waals surface area contributed by atoms with Crippen LogP contribution in [0.3, 0.4) is 0 Å². The van der Waals surface area contributed by atoms with Crippen molar-refractivity contribution in [3.8, 4) is 5.06 Å². The van der Waals surface area contributed by atoms with Gasteiger partial charge in [0.05, 0.1) is 10.4 Å². The molecule has 0 radical (unpaired) electrons. The summed E-state index contributed by atoms with van der Waals surface area (Å²) in [4.78, 5) is 39.0. The van der Waals surface area contributed by atoms with Gasteiger partial charge in [0.25, 0.3) is 5.91 Å². The molecule has 0 aliphatic carbocycles. The molecular weight excluding hydrogens is 498 g/mol. The van der Waals surface area contributed by atoms with E-state index < -0.39 is 12.1 Å². The van der Waals surface area contributed by atoms with Gasteiger partial charge in [-0.25, -0.2) is 4.79 Å². The minimum absolute atomic E-state index is 0.0685. The predicted molar refractivity (Wildman–Crippen MR) is 127 cm³/mol. The molecule has 8 nitrogen and oxygen atoms in total. The third kappa shape index (κ3) is 6.54. The first-order valence-electron chi connectivity index (χ1n) is 10.3. The fourth-order valence-electron chi connectivity index (χ4n) is 3.36. The molecule has 172 valence electrons.